The minimum absolute atomic E-state index is 0.0150. The number of carbonyl (C=O) groups is 2. The van der Waals surface area contributed by atoms with Crippen LogP contribution in [0.3, 0.4) is 0 Å². The zero-order chi connectivity index (χ0) is 13.1. The second-order valence-corrected chi connectivity index (χ2v) is 5.79. The number of carboxylic acid groups (broad SMARTS) is 1. The third-order valence-electron chi connectivity index (χ3n) is 3.69. The Bertz CT molecular complexity index is 299. The summed E-state index contributed by atoms with van der Waals surface area (Å²) in [6.07, 6.45) is 4.24. The highest BCUT2D eigenvalue weighted by Crippen LogP contribution is 2.40. The van der Waals surface area contributed by atoms with Crippen LogP contribution in [0.2, 0.25) is 0 Å². The first-order chi connectivity index (χ1) is 7.83. The normalized spacial score (nSPS) is 25.0. The van der Waals surface area contributed by atoms with Crippen LogP contribution < -0.4 is 5.32 Å². The van der Waals surface area contributed by atoms with Gasteiger partial charge < -0.3 is 10.4 Å². The van der Waals surface area contributed by atoms with Gasteiger partial charge >= 0.3 is 5.97 Å². The van der Waals surface area contributed by atoms with Gasteiger partial charge in [-0.1, -0.05) is 26.7 Å². The largest absolute Gasteiger partial charge is 0.481 e. The van der Waals surface area contributed by atoms with Crippen molar-refractivity contribution in [3.05, 3.63) is 0 Å². The summed E-state index contributed by atoms with van der Waals surface area (Å²) in [5.74, 6) is -0.836. The molecule has 1 amide bonds. The maximum atomic E-state index is 12.1. The Morgan fingerprint density at radius 2 is 2.06 bits per heavy atom. The van der Waals surface area contributed by atoms with E-state index >= 15 is 0 Å². The van der Waals surface area contributed by atoms with Gasteiger partial charge in [0.15, 0.2) is 0 Å². The first kappa shape index (κ1) is 14.0. The van der Waals surface area contributed by atoms with Gasteiger partial charge in [-0.05, 0) is 25.2 Å². The predicted octanol–water partition coefficient (Wildman–Crippen LogP) is 2.18. The maximum Gasteiger partial charge on any atom is 0.305 e. The van der Waals surface area contributed by atoms with Gasteiger partial charge in [-0.25, -0.2) is 0 Å². The molecule has 0 aromatic rings. The molecule has 2 atom stereocenters. The standard InChI is InChI=1S/C13H23NO3/c1-9(8-11(15)16)14-12(17)10-6-4-5-7-13(10,2)3/h9-10H,4-8H2,1-3H3,(H,14,17)(H,15,16). The van der Waals surface area contributed by atoms with Crippen molar-refractivity contribution in [2.45, 2.75) is 58.9 Å². The van der Waals surface area contributed by atoms with Crippen LogP contribution in [-0.4, -0.2) is 23.0 Å². The van der Waals surface area contributed by atoms with Crippen molar-refractivity contribution >= 4 is 11.9 Å². The van der Waals surface area contributed by atoms with E-state index < -0.39 is 5.97 Å². The summed E-state index contributed by atoms with van der Waals surface area (Å²) >= 11 is 0. The first-order valence-corrected chi connectivity index (χ1v) is 6.35. The summed E-state index contributed by atoms with van der Waals surface area (Å²) in [4.78, 5) is 22.6. The number of rotatable bonds is 4. The van der Waals surface area contributed by atoms with Crippen molar-refractivity contribution in [3.63, 3.8) is 0 Å². The lowest BCUT2D eigenvalue weighted by Crippen LogP contribution is -2.44. The van der Waals surface area contributed by atoms with Crippen molar-refractivity contribution in [3.8, 4) is 0 Å². The van der Waals surface area contributed by atoms with Crippen LogP contribution in [0.5, 0.6) is 0 Å². The minimum Gasteiger partial charge on any atom is -0.481 e. The Labute approximate surface area is 103 Å². The zero-order valence-electron chi connectivity index (χ0n) is 11.0. The fraction of sp³-hybridized carbons (Fsp3) is 0.846. The molecule has 4 nitrogen and oxygen atoms in total. The maximum absolute atomic E-state index is 12.1. The first-order valence-electron chi connectivity index (χ1n) is 6.35. The molecule has 1 saturated carbocycles. The van der Waals surface area contributed by atoms with Crippen molar-refractivity contribution < 1.29 is 14.7 Å². The molecule has 0 spiro atoms. The quantitative estimate of drug-likeness (QED) is 0.792. The Morgan fingerprint density at radius 1 is 1.41 bits per heavy atom. The topological polar surface area (TPSA) is 66.4 Å². The van der Waals surface area contributed by atoms with E-state index in [0.717, 1.165) is 19.3 Å². The molecule has 1 aliphatic rings. The zero-order valence-corrected chi connectivity index (χ0v) is 11.0. The third kappa shape index (κ3) is 4.02. The van der Waals surface area contributed by atoms with Crippen molar-refractivity contribution in [2.24, 2.45) is 11.3 Å². The molecule has 17 heavy (non-hydrogen) atoms. The Hall–Kier alpha value is -1.06. The van der Waals surface area contributed by atoms with E-state index in [-0.39, 0.29) is 29.7 Å². The van der Waals surface area contributed by atoms with Crippen LogP contribution in [0.4, 0.5) is 0 Å². The molecule has 0 aromatic heterocycles. The summed E-state index contributed by atoms with van der Waals surface area (Å²) in [6.45, 7) is 5.98. The Balaban J connectivity index is 2.54. The van der Waals surface area contributed by atoms with Crippen LogP contribution >= 0.6 is 0 Å². The fourth-order valence-electron chi connectivity index (χ4n) is 2.64. The molecule has 0 radical (unpaired) electrons. The highest BCUT2D eigenvalue weighted by atomic mass is 16.4. The second-order valence-electron chi connectivity index (χ2n) is 5.79. The summed E-state index contributed by atoms with van der Waals surface area (Å²) < 4.78 is 0. The molecule has 0 aromatic carbocycles. The van der Waals surface area contributed by atoms with E-state index in [1.165, 1.54) is 6.42 Å². The Kier molecular flexibility index (Phi) is 4.54. The van der Waals surface area contributed by atoms with Gasteiger partial charge in [0.2, 0.25) is 5.91 Å². The summed E-state index contributed by atoms with van der Waals surface area (Å²) in [5.41, 5.74) is 0.0330. The van der Waals surface area contributed by atoms with Crippen LogP contribution in [0.25, 0.3) is 0 Å². The molecule has 0 saturated heterocycles. The molecule has 2 unspecified atom stereocenters. The minimum atomic E-state index is -0.874. The highest BCUT2D eigenvalue weighted by Gasteiger charge is 2.37. The molecule has 1 rings (SSSR count). The number of hydrogen-bond acceptors (Lipinski definition) is 2. The SMILES string of the molecule is CC(CC(=O)O)NC(=O)C1CCCCC1(C)C. The summed E-state index contributed by atoms with van der Waals surface area (Å²) in [6, 6.07) is -0.294. The predicted molar refractivity (Wildman–Crippen MR) is 65.6 cm³/mol. The lowest BCUT2D eigenvalue weighted by molar-refractivity contribution is -0.138. The summed E-state index contributed by atoms with van der Waals surface area (Å²) in [5, 5.41) is 11.5. The van der Waals surface area contributed by atoms with E-state index in [2.05, 4.69) is 19.2 Å². The van der Waals surface area contributed by atoms with E-state index in [4.69, 9.17) is 5.11 Å². The van der Waals surface area contributed by atoms with E-state index in [9.17, 15) is 9.59 Å². The highest BCUT2D eigenvalue weighted by molar-refractivity contribution is 5.80. The van der Waals surface area contributed by atoms with Gasteiger partial charge in [0.05, 0.1) is 6.42 Å². The molecule has 1 aliphatic carbocycles. The lowest BCUT2D eigenvalue weighted by atomic mass is 9.68. The molecule has 2 N–H and O–H groups in total. The van der Waals surface area contributed by atoms with E-state index in [1.807, 2.05) is 0 Å². The number of carbonyl (C=O) groups excluding carboxylic acids is 1. The van der Waals surface area contributed by atoms with Gasteiger partial charge in [0, 0.05) is 12.0 Å². The van der Waals surface area contributed by atoms with E-state index in [1.54, 1.807) is 6.92 Å². The van der Waals surface area contributed by atoms with Gasteiger partial charge in [0.1, 0.15) is 0 Å². The van der Waals surface area contributed by atoms with E-state index in [0.29, 0.717) is 0 Å². The van der Waals surface area contributed by atoms with Gasteiger partial charge in [0.25, 0.3) is 0 Å². The fourth-order valence-corrected chi connectivity index (χ4v) is 2.64. The molecular formula is C13H23NO3. The van der Waals surface area contributed by atoms with Gasteiger partial charge in [-0.15, -0.1) is 0 Å². The van der Waals surface area contributed by atoms with Gasteiger partial charge in [-0.2, -0.15) is 0 Å². The van der Waals surface area contributed by atoms with Crippen LogP contribution in [0.1, 0.15) is 52.9 Å². The number of amides is 1. The molecule has 0 heterocycles. The van der Waals surface area contributed by atoms with Gasteiger partial charge in [-0.3, -0.25) is 9.59 Å². The molecule has 4 heteroatoms. The summed E-state index contributed by atoms with van der Waals surface area (Å²) in [7, 11) is 0. The van der Waals surface area contributed by atoms with Crippen molar-refractivity contribution in [1.29, 1.82) is 0 Å². The smallest absolute Gasteiger partial charge is 0.305 e. The average Bonchev–Trinajstić information content (AvgIpc) is 2.14. The number of nitrogens with one attached hydrogen (secondary N) is 1. The molecule has 0 aliphatic heterocycles. The number of carboxylic acids is 1. The number of aliphatic carboxylic acids is 1. The average molecular weight is 241 g/mol. The monoisotopic (exact) mass is 241 g/mol. The van der Waals surface area contributed by atoms with Crippen LogP contribution in [0.15, 0.2) is 0 Å². The van der Waals surface area contributed by atoms with Crippen molar-refractivity contribution in [1.82, 2.24) is 5.32 Å². The number of hydrogen-bond donors (Lipinski definition) is 2. The molecular weight excluding hydrogens is 218 g/mol. The van der Waals surface area contributed by atoms with Crippen LogP contribution in [-0.2, 0) is 9.59 Å². The van der Waals surface area contributed by atoms with Crippen LogP contribution in [0, 0.1) is 11.3 Å². The Morgan fingerprint density at radius 3 is 2.59 bits per heavy atom. The molecule has 1 fully saturated rings. The molecule has 98 valence electrons. The van der Waals surface area contributed by atoms with Crippen molar-refractivity contribution in [2.75, 3.05) is 0 Å². The second kappa shape index (κ2) is 5.52. The molecule has 0 bridgehead atoms. The third-order valence-corrected chi connectivity index (χ3v) is 3.69. The lowest BCUT2D eigenvalue weighted by Gasteiger charge is -2.38.